The zero-order chi connectivity index (χ0) is 13.6. The molecule has 0 fully saturated rings. The molecule has 0 aliphatic rings. The van der Waals surface area contributed by atoms with Gasteiger partial charge in [0.1, 0.15) is 17.2 Å². The van der Waals surface area contributed by atoms with Crippen LogP contribution in [0.3, 0.4) is 0 Å². The van der Waals surface area contributed by atoms with Gasteiger partial charge in [0.25, 0.3) is 0 Å². The van der Waals surface area contributed by atoms with E-state index in [4.69, 9.17) is 17.3 Å². The summed E-state index contributed by atoms with van der Waals surface area (Å²) in [5, 5.41) is 0.483. The molecule has 0 saturated heterocycles. The SMILES string of the molecule is Nc1ccc(Cl)cc1-c1nc2c(F)cc(F)cc2[nH]1. The number of aromatic amines is 1. The number of fused-ring (bicyclic) bond motifs is 1. The minimum Gasteiger partial charge on any atom is -0.398 e. The summed E-state index contributed by atoms with van der Waals surface area (Å²) in [6.07, 6.45) is 0. The minimum atomic E-state index is -0.724. The van der Waals surface area contributed by atoms with E-state index in [0.717, 1.165) is 6.07 Å². The molecule has 0 spiro atoms. The molecule has 0 bridgehead atoms. The Labute approximate surface area is 112 Å². The summed E-state index contributed by atoms with van der Waals surface area (Å²) in [4.78, 5) is 6.92. The van der Waals surface area contributed by atoms with Gasteiger partial charge in [-0.2, -0.15) is 0 Å². The van der Waals surface area contributed by atoms with Crippen LogP contribution in [-0.4, -0.2) is 9.97 Å². The van der Waals surface area contributed by atoms with Crippen LogP contribution in [0.1, 0.15) is 0 Å². The third kappa shape index (κ3) is 2.02. The first-order chi connectivity index (χ1) is 9.04. The molecule has 0 radical (unpaired) electrons. The van der Waals surface area contributed by atoms with Gasteiger partial charge in [0.05, 0.1) is 5.52 Å². The zero-order valence-electron chi connectivity index (χ0n) is 9.55. The number of H-pyrrole nitrogens is 1. The molecule has 3 nitrogen and oxygen atoms in total. The topological polar surface area (TPSA) is 54.7 Å². The Bertz CT molecular complexity index is 783. The van der Waals surface area contributed by atoms with E-state index >= 15 is 0 Å². The van der Waals surface area contributed by atoms with Crippen molar-refractivity contribution in [3.05, 3.63) is 47.0 Å². The van der Waals surface area contributed by atoms with Crippen LogP contribution in [-0.2, 0) is 0 Å². The van der Waals surface area contributed by atoms with Crippen molar-refractivity contribution in [2.45, 2.75) is 0 Å². The number of nitrogens with one attached hydrogen (secondary N) is 1. The van der Waals surface area contributed by atoms with E-state index in [9.17, 15) is 8.78 Å². The minimum absolute atomic E-state index is 0.0655. The van der Waals surface area contributed by atoms with E-state index in [1.54, 1.807) is 18.2 Å². The molecular weight excluding hydrogens is 272 g/mol. The van der Waals surface area contributed by atoms with Crippen molar-refractivity contribution < 1.29 is 8.78 Å². The fourth-order valence-corrected chi connectivity index (χ4v) is 2.08. The Kier molecular flexibility index (Phi) is 2.64. The first-order valence-electron chi connectivity index (χ1n) is 5.45. The number of hydrogen-bond acceptors (Lipinski definition) is 2. The predicted molar refractivity (Wildman–Crippen MR) is 70.9 cm³/mol. The molecule has 2 aromatic carbocycles. The van der Waals surface area contributed by atoms with Crippen LogP contribution < -0.4 is 5.73 Å². The van der Waals surface area contributed by atoms with Gasteiger partial charge in [-0.3, -0.25) is 0 Å². The van der Waals surface area contributed by atoms with Crippen molar-refractivity contribution >= 4 is 28.3 Å². The van der Waals surface area contributed by atoms with Crippen LogP contribution in [0.2, 0.25) is 5.02 Å². The average Bonchev–Trinajstić information content (AvgIpc) is 2.76. The van der Waals surface area contributed by atoms with Gasteiger partial charge >= 0.3 is 0 Å². The van der Waals surface area contributed by atoms with Crippen molar-refractivity contribution in [3.8, 4) is 11.4 Å². The van der Waals surface area contributed by atoms with E-state index in [-0.39, 0.29) is 11.0 Å². The lowest BCUT2D eigenvalue weighted by atomic mass is 10.2. The van der Waals surface area contributed by atoms with Crippen molar-refractivity contribution in [2.75, 3.05) is 5.73 Å². The highest BCUT2D eigenvalue weighted by atomic mass is 35.5. The van der Waals surface area contributed by atoms with Crippen LogP contribution in [0.25, 0.3) is 22.4 Å². The number of aromatic nitrogens is 2. The largest absolute Gasteiger partial charge is 0.398 e. The number of anilines is 1. The second kappa shape index (κ2) is 4.20. The highest BCUT2D eigenvalue weighted by Gasteiger charge is 2.13. The number of nitrogens with two attached hydrogens (primary N) is 1. The molecule has 6 heteroatoms. The van der Waals surface area contributed by atoms with Crippen LogP contribution in [0, 0.1) is 11.6 Å². The number of rotatable bonds is 1. The van der Waals surface area contributed by atoms with E-state index < -0.39 is 11.6 Å². The standard InChI is InChI=1S/C13H8ClF2N3/c14-6-1-2-10(17)8(3-6)13-18-11-5-7(15)4-9(16)12(11)19-13/h1-5H,17H2,(H,18,19). The zero-order valence-corrected chi connectivity index (χ0v) is 10.3. The Balaban J connectivity index is 2.26. The first-order valence-corrected chi connectivity index (χ1v) is 5.82. The molecule has 1 aromatic heterocycles. The molecule has 1 heterocycles. The summed E-state index contributed by atoms with van der Waals surface area (Å²) < 4.78 is 26.7. The van der Waals surface area contributed by atoms with Gasteiger partial charge < -0.3 is 10.7 Å². The Morgan fingerprint density at radius 2 is 1.95 bits per heavy atom. The number of benzene rings is 2. The fraction of sp³-hybridized carbons (Fsp3) is 0. The van der Waals surface area contributed by atoms with Crippen LogP contribution in [0.5, 0.6) is 0 Å². The summed E-state index contributed by atoms with van der Waals surface area (Å²) in [6, 6.07) is 6.85. The average molecular weight is 280 g/mol. The quantitative estimate of drug-likeness (QED) is 0.667. The molecule has 96 valence electrons. The molecule has 0 saturated carbocycles. The molecule has 3 aromatic rings. The molecule has 19 heavy (non-hydrogen) atoms. The molecule has 0 amide bonds. The lowest BCUT2D eigenvalue weighted by Gasteiger charge is -2.02. The first kappa shape index (κ1) is 11.9. The highest BCUT2D eigenvalue weighted by Crippen LogP contribution is 2.29. The molecule has 3 N–H and O–H groups in total. The summed E-state index contributed by atoms with van der Waals surface area (Å²) in [7, 11) is 0. The molecule has 0 aliphatic carbocycles. The Morgan fingerprint density at radius 3 is 2.74 bits per heavy atom. The number of nitrogens with zero attached hydrogens (tertiary/aromatic N) is 1. The smallest absolute Gasteiger partial charge is 0.153 e. The predicted octanol–water partition coefficient (Wildman–Crippen LogP) is 3.74. The highest BCUT2D eigenvalue weighted by molar-refractivity contribution is 6.31. The number of hydrogen-bond donors (Lipinski definition) is 2. The third-order valence-corrected chi connectivity index (χ3v) is 3.01. The van der Waals surface area contributed by atoms with Crippen molar-refractivity contribution in [3.63, 3.8) is 0 Å². The van der Waals surface area contributed by atoms with E-state index in [2.05, 4.69) is 9.97 Å². The summed E-state index contributed by atoms with van der Waals surface area (Å²) in [5.41, 5.74) is 7.15. The van der Waals surface area contributed by atoms with Crippen LogP contribution in [0.4, 0.5) is 14.5 Å². The maximum atomic E-state index is 13.6. The van der Waals surface area contributed by atoms with Crippen molar-refractivity contribution in [1.82, 2.24) is 9.97 Å². The molecule has 3 rings (SSSR count). The second-order valence-electron chi connectivity index (χ2n) is 4.10. The molecule has 0 aliphatic heterocycles. The second-order valence-corrected chi connectivity index (χ2v) is 4.54. The lowest BCUT2D eigenvalue weighted by Crippen LogP contribution is -1.91. The maximum absolute atomic E-state index is 13.6. The van der Waals surface area contributed by atoms with E-state index in [1.807, 2.05) is 0 Å². The molecule has 0 unspecified atom stereocenters. The summed E-state index contributed by atoms with van der Waals surface area (Å²) >= 11 is 5.89. The normalized spacial score (nSPS) is 11.1. The molecular formula is C13H8ClF2N3. The lowest BCUT2D eigenvalue weighted by molar-refractivity contribution is 0.591. The number of imidazole rings is 1. The van der Waals surface area contributed by atoms with Crippen molar-refractivity contribution in [2.24, 2.45) is 0 Å². The number of halogens is 3. The van der Waals surface area contributed by atoms with E-state index in [0.29, 0.717) is 22.1 Å². The van der Waals surface area contributed by atoms with Crippen LogP contribution in [0.15, 0.2) is 30.3 Å². The van der Waals surface area contributed by atoms with Crippen LogP contribution >= 0.6 is 11.6 Å². The van der Waals surface area contributed by atoms with Gasteiger partial charge in [0, 0.05) is 22.3 Å². The van der Waals surface area contributed by atoms with Gasteiger partial charge in [-0.15, -0.1) is 0 Å². The fourth-order valence-electron chi connectivity index (χ4n) is 1.90. The summed E-state index contributed by atoms with van der Waals surface area (Å²) in [6.45, 7) is 0. The van der Waals surface area contributed by atoms with Gasteiger partial charge in [0.15, 0.2) is 5.82 Å². The van der Waals surface area contributed by atoms with Gasteiger partial charge in [-0.25, -0.2) is 13.8 Å². The van der Waals surface area contributed by atoms with Gasteiger partial charge in [-0.05, 0) is 24.3 Å². The van der Waals surface area contributed by atoms with Crippen molar-refractivity contribution in [1.29, 1.82) is 0 Å². The van der Waals surface area contributed by atoms with Gasteiger partial charge in [0.2, 0.25) is 0 Å². The number of nitrogen functional groups attached to an aromatic ring is 1. The Hall–Kier alpha value is -2.14. The van der Waals surface area contributed by atoms with Gasteiger partial charge in [-0.1, -0.05) is 11.6 Å². The maximum Gasteiger partial charge on any atom is 0.153 e. The monoisotopic (exact) mass is 279 g/mol. The third-order valence-electron chi connectivity index (χ3n) is 2.78. The summed E-state index contributed by atoms with van der Waals surface area (Å²) in [5.74, 6) is -1.04. The molecule has 0 atom stereocenters. The van der Waals surface area contributed by atoms with E-state index in [1.165, 1.54) is 6.07 Å². The Morgan fingerprint density at radius 1 is 1.16 bits per heavy atom.